The summed E-state index contributed by atoms with van der Waals surface area (Å²) in [6, 6.07) is 4.21. The number of benzene rings is 1. The minimum Gasteiger partial charge on any atom is -0.508 e. The van der Waals surface area contributed by atoms with Gasteiger partial charge in [-0.15, -0.1) is 0 Å². The van der Waals surface area contributed by atoms with Gasteiger partial charge < -0.3 is 16.6 Å². The fourth-order valence-corrected chi connectivity index (χ4v) is 0.574. The molecule has 76 valence electrons. The van der Waals surface area contributed by atoms with Crippen LogP contribution >= 0.6 is 0 Å². The van der Waals surface area contributed by atoms with Gasteiger partial charge in [-0.05, 0) is 12.1 Å². The Morgan fingerprint density at radius 2 is 1.64 bits per heavy atom. The van der Waals surface area contributed by atoms with Crippen molar-refractivity contribution in [3.8, 4) is 5.75 Å². The van der Waals surface area contributed by atoms with Crippen LogP contribution in [0.2, 0.25) is 0 Å². The van der Waals surface area contributed by atoms with Crippen LogP contribution in [0.15, 0.2) is 24.3 Å². The molecule has 0 fully saturated rings. The molecule has 0 aliphatic rings. The summed E-state index contributed by atoms with van der Waals surface area (Å²) in [6.45, 7) is 0. The summed E-state index contributed by atoms with van der Waals surface area (Å²) in [5.41, 5.74) is 8.48. The van der Waals surface area contributed by atoms with Crippen molar-refractivity contribution in [3.05, 3.63) is 34.4 Å². The molecule has 0 saturated heterocycles. The van der Waals surface area contributed by atoms with Gasteiger partial charge in [0.2, 0.25) is 0 Å². The quantitative estimate of drug-likeness (QED) is 0.443. The van der Waals surface area contributed by atoms with Crippen molar-refractivity contribution in [3.63, 3.8) is 0 Å². The first kappa shape index (κ1) is 11.7. The molecular formula is C7H9N3O4. The molecular weight excluding hydrogens is 190 g/mol. The zero-order valence-electron chi connectivity index (χ0n) is 7.08. The number of nitrogens with zero attached hydrogens (tertiary/aromatic N) is 1. The number of carbonyl (C=O) groups excluding carboxylic acids is 1. The highest BCUT2D eigenvalue weighted by molar-refractivity contribution is 5.69. The molecule has 14 heavy (non-hydrogen) atoms. The van der Waals surface area contributed by atoms with Crippen LogP contribution in [0.3, 0.4) is 0 Å². The maximum Gasteiger partial charge on any atom is 0.309 e. The van der Waals surface area contributed by atoms with Crippen LogP contribution in [0.5, 0.6) is 5.75 Å². The molecule has 1 rings (SSSR count). The Balaban J connectivity index is 0.000000364. The molecule has 2 amide bonds. The van der Waals surface area contributed by atoms with Gasteiger partial charge >= 0.3 is 6.03 Å². The number of hydrogen-bond donors (Lipinski definition) is 3. The molecule has 0 aliphatic heterocycles. The summed E-state index contributed by atoms with van der Waals surface area (Å²) < 4.78 is 0. The maximum absolute atomic E-state index is 10.0. The predicted molar refractivity (Wildman–Crippen MR) is 48.5 cm³/mol. The fourth-order valence-electron chi connectivity index (χ4n) is 0.574. The molecule has 0 unspecified atom stereocenters. The number of phenols is 1. The lowest BCUT2D eigenvalue weighted by atomic mass is 10.3. The molecule has 1 aromatic rings. The van der Waals surface area contributed by atoms with Crippen LogP contribution in [0.25, 0.3) is 0 Å². The number of hydrogen-bond acceptors (Lipinski definition) is 4. The molecule has 0 aliphatic carbocycles. The van der Waals surface area contributed by atoms with E-state index >= 15 is 0 Å². The number of amides is 2. The van der Waals surface area contributed by atoms with E-state index in [4.69, 9.17) is 9.90 Å². The number of rotatable bonds is 1. The van der Waals surface area contributed by atoms with Gasteiger partial charge in [-0.1, -0.05) is 0 Å². The second-order valence-electron chi connectivity index (χ2n) is 2.18. The fraction of sp³-hybridized carbons (Fsp3) is 0. The van der Waals surface area contributed by atoms with E-state index in [1.807, 2.05) is 0 Å². The number of primary amides is 2. The Morgan fingerprint density at radius 3 is 1.93 bits per heavy atom. The van der Waals surface area contributed by atoms with E-state index in [0.717, 1.165) is 0 Å². The molecule has 0 aromatic heterocycles. The van der Waals surface area contributed by atoms with Crippen molar-refractivity contribution in [1.82, 2.24) is 0 Å². The van der Waals surface area contributed by atoms with E-state index in [-0.39, 0.29) is 11.4 Å². The molecule has 0 radical (unpaired) electrons. The molecule has 0 saturated carbocycles. The highest BCUT2D eigenvalue weighted by atomic mass is 16.6. The van der Waals surface area contributed by atoms with Crippen molar-refractivity contribution in [1.29, 1.82) is 0 Å². The average molecular weight is 199 g/mol. The van der Waals surface area contributed by atoms with Crippen LogP contribution in [-0.4, -0.2) is 16.1 Å². The summed E-state index contributed by atoms with van der Waals surface area (Å²) in [6.07, 6.45) is 0. The Bertz CT molecular complexity index is 318. The summed E-state index contributed by atoms with van der Waals surface area (Å²) >= 11 is 0. The molecule has 0 heterocycles. The third-order valence-corrected chi connectivity index (χ3v) is 1.06. The lowest BCUT2D eigenvalue weighted by molar-refractivity contribution is -0.384. The van der Waals surface area contributed by atoms with Crippen LogP contribution < -0.4 is 11.5 Å². The Hall–Kier alpha value is -2.31. The van der Waals surface area contributed by atoms with Gasteiger partial charge in [0.25, 0.3) is 5.69 Å². The Labute approximate surface area is 79.1 Å². The summed E-state index contributed by atoms with van der Waals surface area (Å²) in [5, 5.41) is 18.8. The number of aromatic hydroxyl groups is 1. The van der Waals surface area contributed by atoms with E-state index in [9.17, 15) is 10.1 Å². The van der Waals surface area contributed by atoms with Gasteiger partial charge in [0.05, 0.1) is 4.92 Å². The van der Waals surface area contributed by atoms with E-state index in [0.29, 0.717) is 0 Å². The van der Waals surface area contributed by atoms with Crippen molar-refractivity contribution >= 4 is 11.7 Å². The van der Waals surface area contributed by atoms with E-state index in [1.165, 1.54) is 24.3 Å². The van der Waals surface area contributed by atoms with Gasteiger partial charge in [0.15, 0.2) is 0 Å². The largest absolute Gasteiger partial charge is 0.508 e. The number of non-ortho nitro benzene ring substituents is 1. The zero-order chi connectivity index (χ0) is 11.1. The highest BCUT2D eigenvalue weighted by Gasteiger charge is 2.01. The van der Waals surface area contributed by atoms with Crippen LogP contribution in [0.4, 0.5) is 10.5 Å². The number of urea groups is 1. The van der Waals surface area contributed by atoms with Crippen LogP contribution in [0.1, 0.15) is 0 Å². The molecule has 5 N–H and O–H groups in total. The van der Waals surface area contributed by atoms with Crippen molar-refractivity contribution in [2.75, 3.05) is 0 Å². The first-order valence-corrected chi connectivity index (χ1v) is 3.42. The number of carbonyl (C=O) groups is 1. The van der Waals surface area contributed by atoms with Gasteiger partial charge in [-0.2, -0.15) is 0 Å². The second-order valence-corrected chi connectivity index (χ2v) is 2.18. The van der Waals surface area contributed by atoms with E-state index in [1.54, 1.807) is 0 Å². The van der Waals surface area contributed by atoms with Gasteiger partial charge in [-0.3, -0.25) is 10.1 Å². The molecule has 7 nitrogen and oxygen atoms in total. The SMILES string of the molecule is NC(N)=O.O=[N+]([O-])c1ccc(O)cc1. The Morgan fingerprint density at radius 1 is 1.29 bits per heavy atom. The number of nitro groups is 1. The van der Waals surface area contributed by atoms with Crippen LogP contribution in [0, 0.1) is 10.1 Å². The van der Waals surface area contributed by atoms with Gasteiger partial charge in [0, 0.05) is 12.1 Å². The van der Waals surface area contributed by atoms with E-state index in [2.05, 4.69) is 11.5 Å². The normalized spacial score (nSPS) is 8.29. The van der Waals surface area contributed by atoms with E-state index < -0.39 is 11.0 Å². The molecule has 1 aromatic carbocycles. The van der Waals surface area contributed by atoms with Gasteiger partial charge in [-0.25, -0.2) is 4.79 Å². The highest BCUT2D eigenvalue weighted by Crippen LogP contribution is 2.14. The number of nitrogens with two attached hydrogens (primary N) is 2. The molecule has 0 spiro atoms. The summed E-state index contributed by atoms with van der Waals surface area (Å²) in [4.78, 5) is 18.5. The standard InChI is InChI=1S/C6H5NO3.CH4N2O/c8-6-3-1-5(2-4-6)7(9)10;2-1(3)4/h1-4,8H;(H4,2,3,4). The monoisotopic (exact) mass is 199 g/mol. The molecule has 7 heteroatoms. The minimum absolute atomic E-state index is 0.0159. The van der Waals surface area contributed by atoms with Crippen molar-refractivity contribution in [2.24, 2.45) is 11.5 Å². The molecule has 0 atom stereocenters. The first-order chi connectivity index (χ1) is 6.43. The number of nitro benzene ring substituents is 1. The smallest absolute Gasteiger partial charge is 0.309 e. The maximum atomic E-state index is 10.0. The number of phenolic OH excluding ortho intramolecular Hbond substituents is 1. The average Bonchev–Trinajstić information content (AvgIpc) is 2.03. The topological polar surface area (TPSA) is 132 Å². The lowest BCUT2D eigenvalue weighted by Crippen LogP contribution is -2.18. The summed E-state index contributed by atoms with van der Waals surface area (Å²) in [5.74, 6) is 0.0330. The lowest BCUT2D eigenvalue weighted by Gasteiger charge is -1.89. The van der Waals surface area contributed by atoms with Crippen molar-refractivity contribution < 1.29 is 14.8 Å². The molecule has 0 bridgehead atoms. The third-order valence-electron chi connectivity index (χ3n) is 1.06. The second kappa shape index (κ2) is 5.36. The minimum atomic E-state index is -0.833. The first-order valence-electron chi connectivity index (χ1n) is 3.42. The third kappa shape index (κ3) is 5.35. The Kier molecular flexibility index (Phi) is 4.47. The van der Waals surface area contributed by atoms with Gasteiger partial charge in [0.1, 0.15) is 5.75 Å². The summed E-state index contributed by atoms with van der Waals surface area (Å²) in [7, 11) is 0. The predicted octanol–water partition coefficient (Wildman–Crippen LogP) is 0.324. The van der Waals surface area contributed by atoms with Crippen molar-refractivity contribution in [2.45, 2.75) is 0 Å². The zero-order valence-corrected chi connectivity index (χ0v) is 7.08. The van der Waals surface area contributed by atoms with Crippen LogP contribution in [-0.2, 0) is 0 Å².